The Bertz CT molecular complexity index is 1000. The highest BCUT2D eigenvalue weighted by molar-refractivity contribution is 8.00. The van der Waals surface area contributed by atoms with Crippen LogP contribution in [0.3, 0.4) is 0 Å². The van der Waals surface area contributed by atoms with Crippen molar-refractivity contribution in [3.63, 3.8) is 0 Å². The Balaban J connectivity index is 1.53. The molecule has 2 amide bonds. The molecule has 4 nitrogen and oxygen atoms in total. The van der Waals surface area contributed by atoms with Gasteiger partial charge < -0.3 is 5.32 Å². The molecule has 1 saturated heterocycles. The molecule has 1 fully saturated rings. The van der Waals surface area contributed by atoms with Crippen molar-refractivity contribution in [3.8, 4) is 0 Å². The lowest BCUT2D eigenvalue weighted by Crippen LogP contribution is -2.27. The molecule has 1 N–H and O–H groups in total. The first-order chi connectivity index (χ1) is 13.6. The number of anilines is 2. The largest absolute Gasteiger partial charge is 0.322 e. The predicted molar refractivity (Wildman–Crippen MR) is 115 cm³/mol. The highest BCUT2D eigenvalue weighted by atomic mass is 32.2. The quantitative estimate of drug-likeness (QED) is 0.682. The fourth-order valence-corrected chi connectivity index (χ4v) is 4.43. The van der Waals surface area contributed by atoms with E-state index in [-0.39, 0.29) is 17.2 Å². The van der Waals surface area contributed by atoms with Crippen molar-refractivity contribution in [1.29, 1.82) is 0 Å². The lowest BCUT2D eigenvalue weighted by Gasteiger charge is -2.25. The van der Waals surface area contributed by atoms with E-state index in [0.29, 0.717) is 11.3 Å². The Morgan fingerprint density at radius 1 is 1.00 bits per heavy atom. The lowest BCUT2D eigenvalue weighted by molar-refractivity contribution is -0.115. The van der Waals surface area contributed by atoms with Crippen molar-refractivity contribution in [2.24, 2.45) is 0 Å². The zero-order chi connectivity index (χ0) is 19.5. The van der Waals surface area contributed by atoms with Crippen LogP contribution in [-0.4, -0.2) is 17.6 Å². The maximum absolute atomic E-state index is 12.5. The summed E-state index contributed by atoms with van der Waals surface area (Å²) in [5.74, 6) is 0.438. The number of rotatable bonds is 4. The van der Waals surface area contributed by atoms with Crippen LogP contribution in [0.1, 0.15) is 26.9 Å². The number of carbonyl (C=O) groups excluding carboxylic acids is 2. The molecule has 28 heavy (non-hydrogen) atoms. The number of carbonyl (C=O) groups is 2. The van der Waals surface area contributed by atoms with Gasteiger partial charge in [-0.3, -0.25) is 14.5 Å². The van der Waals surface area contributed by atoms with E-state index in [4.69, 9.17) is 0 Å². The first-order valence-electron chi connectivity index (χ1n) is 9.08. The Morgan fingerprint density at radius 3 is 2.46 bits per heavy atom. The van der Waals surface area contributed by atoms with Crippen LogP contribution >= 0.6 is 11.8 Å². The summed E-state index contributed by atoms with van der Waals surface area (Å²) in [6.07, 6.45) is 0. The monoisotopic (exact) mass is 388 g/mol. The maximum Gasteiger partial charge on any atom is 0.255 e. The van der Waals surface area contributed by atoms with Gasteiger partial charge in [0, 0.05) is 16.9 Å². The Morgan fingerprint density at radius 2 is 1.75 bits per heavy atom. The smallest absolute Gasteiger partial charge is 0.255 e. The van der Waals surface area contributed by atoms with Crippen molar-refractivity contribution in [2.45, 2.75) is 12.3 Å². The van der Waals surface area contributed by atoms with Crippen LogP contribution in [0, 0.1) is 6.92 Å². The molecule has 140 valence electrons. The van der Waals surface area contributed by atoms with E-state index in [1.807, 2.05) is 78.6 Å². The predicted octanol–water partition coefficient (Wildman–Crippen LogP) is 5.03. The summed E-state index contributed by atoms with van der Waals surface area (Å²) in [6, 6.07) is 24.8. The van der Waals surface area contributed by atoms with Crippen molar-refractivity contribution in [3.05, 3.63) is 95.6 Å². The van der Waals surface area contributed by atoms with Crippen molar-refractivity contribution < 1.29 is 9.59 Å². The van der Waals surface area contributed by atoms with Gasteiger partial charge >= 0.3 is 0 Å². The lowest BCUT2D eigenvalue weighted by atomic mass is 10.1. The van der Waals surface area contributed by atoms with Crippen LogP contribution in [0.15, 0.2) is 78.9 Å². The normalized spacial score (nSPS) is 16.2. The summed E-state index contributed by atoms with van der Waals surface area (Å²) in [5, 5.41) is 2.85. The molecule has 0 spiro atoms. The van der Waals surface area contributed by atoms with Gasteiger partial charge in [-0.2, -0.15) is 0 Å². The highest BCUT2D eigenvalue weighted by Gasteiger charge is 2.34. The van der Waals surface area contributed by atoms with Gasteiger partial charge in [0.1, 0.15) is 5.37 Å². The van der Waals surface area contributed by atoms with Gasteiger partial charge in [0.25, 0.3) is 5.91 Å². The molecule has 5 heteroatoms. The summed E-state index contributed by atoms with van der Waals surface area (Å²) < 4.78 is 0. The minimum absolute atomic E-state index is 0.0619. The molecule has 0 bridgehead atoms. The zero-order valence-corrected chi connectivity index (χ0v) is 16.3. The average molecular weight is 388 g/mol. The van der Waals surface area contributed by atoms with E-state index in [9.17, 15) is 9.59 Å². The third-order valence-electron chi connectivity index (χ3n) is 4.64. The summed E-state index contributed by atoms with van der Waals surface area (Å²) in [4.78, 5) is 26.6. The van der Waals surface area contributed by atoms with Gasteiger partial charge in [-0.25, -0.2) is 0 Å². The number of benzene rings is 3. The molecule has 0 radical (unpaired) electrons. The fraction of sp³-hybridized carbons (Fsp3) is 0.130. The van der Waals surface area contributed by atoms with Crippen molar-refractivity contribution in [2.75, 3.05) is 16.0 Å². The number of hydrogen-bond donors (Lipinski definition) is 1. The van der Waals surface area contributed by atoms with Gasteiger partial charge in [-0.1, -0.05) is 42.5 Å². The number of nitrogens with zero attached hydrogens (tertiary/aromatic N) is 1. The number of nitrogens with one attached hydrogen (secondary N) is 1. The molecule has 1 aliphatic heterocycles. The van der Waals surface area contributed by atoms with E-state index < -0.39 is 0 Å². The number of amides is 2. The third-order valence-corrected chi connectivity index (χ3v) is 5.85. The minimum atomic E-state index is -0.139. The van der Waals surface area contributed by atoms with Crippen LogP contribution in [-0.2, 0) is 4.79 Å². The molecule has 1 atom stereocenters. The molecule has 3 aromatic rings. The Labute approximate surface area is 168 Å². The van der Waals surface area contributed by atoms with E-state index in [1.165, 1.54) is 0 Å². The van der Waals surface area contributed by atoms with E-state index in [2.05, 4.69) is 5.32 Å². The fourth-order valence-electron chi connectivity index (χ4n) is 3.25. The first-order valence-corrected chi connectivity index (χ1v) is 10.1. The van der Waals surface area contributed by atoms with Gasteiger partial charge in [-0.15, -0.1) is 11.8 Å². The van der Waals surface area contributed by atoms with Gasteiger partial charge in [-0.05, 0) is 54.4 Å². The summed E-state index contributed by atoms with van der Waals surface area (Å²) in [5.41, 5.74) is 4.43. The highest BCUT2D eigenvalue weighted by Crippen LogP contribution is 2.42. The van der Waals surface area contributed by atoms with Gasteiger partial charge in [0.15, 0.2) is 0 Å². The van der Waals surface area contributed by atoms with Crippen LogP contribution in [0.2, 0.25) is 0 Å². The van der Waals surface area contributed by atoms with Crippen LogP contribution in [0.25, 0.3) is 0 Å². The molecule has 1 aliphatic rings. The van der Waals surface area contributed by atoms with E-state index in [0.717, 1.165) is 22.5 Å². The molecular formula is C23H20N2O2S. The summed E-state index contributed by atoms with van der Waals surface area (Å²) in [6.45, 7) is 2.02. The molecule has 0 aromatic heterocycles. The average Bonchev–Trinajstić information content (AvgIpc) is 3.10. The Kier molecular flexibility index (Phi) is 5.17. The second-order valence-corrected chi connectivity index (χ2v) is 7.78. The second-order valence-electron chi connectivity index (χ2n) is 6.71. The number of aryl methyl sites for hydroxylation is 1. The number of thioether (sulfide) groups is 1. The van der Waals surface area contributed by atoms with Crippen LogP contribution in [0.5, 0.6) is 0 Å². The van der Waals surface area contributed by atoms with Gasteiger partial charge in [0.05, 0.1) is 5.75 Å². The zero-order valence-electron chi connectivity index (χ0n) is 15.5. The van der Waals surface area contributed by atoms with E-state index >= 15 is 0 Å². The molecule has 0 saturated carbocycles. The second kappa shape index (κ2) is 7.90. The Hall–Kier alpha value is -3.05. The van der Waals surface area contributed by atoms with Crippen molar-refractivity contribution in [1.82, 2.24) is 0 Å². The molecule has 4 rings (SSSR count). The van der Waals surface area contributed by atoms with Crippen LogP contribution in [0.4, 0.5) is 11.4 Å². The summed E-state index contributed by atoms with van der Waals surface area (Å²) >= 11 is 1.62. The SMILES string of the molecule is Cc1cccc(N2C(=O)CSC2c2ccc(NC(=O)c3ccccc3)cc2)c1. The molecule has 1 heterocycles. The molecule has 3 aromatic carbocycles. The van der Waals surface area contributed by atoms with Crippen molar-refractivity contribution >= 4 is 35.0 Å². The third kappa shape index (κ3) is 3.80. The summed E-state index contributed by atoms with van der Waals surface area (Å²) in [7, 11) is 0. The number of hydrogen-bond acceptors (Lipinski definition) is 3. The first kappa shape index (κ1) is 18.3. The standard InChI is InChI=1S/C23H20N2O2S/c1-16-6-5-9-20(14-16)25-21(26)15-28-23(25)18-10-12-19(13-11-18)24-22(27)17-7-3-2-4-8-17/h2-14,23H,15H2,1H3,(H,24,27). The minimum Gasteiger partial charge on any atom is -0.322 e. The maximum atomic E-state index is 12.5. The molecule has 1 unspecified atom stereocenters. The van der Waals surface area contributed by atoms with E-state index in [1.54, 1.807) is 23.9 Å². The topological polar surface area (TPSA) is 49.4 Å². The van der Waals surface area contributed by atoms with Gasteiger partial charge in [0.2, 0.25) is 5.91 Å². The van der Waals surface area contributed by atoms with Crippen LogP contribution < -0.4 is 10.2 Å². The molecular weight excluding hydrogens is 368 g/mol. The molecule has 0 aliphatic carbocycles.